The summed E-state index contributed by atoms with van der Waals surface area (Å²) in [4.78, 5) is 14.4. The quantitative estimate of drug-likeness (QED) is 0.693. The molecule has 0 saturated carbocycles. The largest absolute Gasteiger partial charge is 0.356 e. The minimum absolute atomic E-state index is 0.268. The van der Waals surface area contributed by atoms with Crippen molar-refractivity contribution in [3.05, 3.63) is 0 Å². The molecule has 0 aliphatic carbocycles. The number of nitrogens with one attached hydrogen (secondary N) is 1. The first-order valence-electron chi connectivity index (χ1n) is 7.28. The van der Waals surface area contributed by atoms with E-state index in [9.17, 15) is 4.79 Å². The summed E-state index contributed by atoms with van der Waals surface area (Å²) in [5.41, 5.74) is 0. The van der Waals surface area contributed by atoms with Gasteiger partial charge in [0.05, 0.1) is 0 Å². The zero-order chi connectivity index (χ0) is 12.5. The monoisotopic (exact) mass is 240 g/mol. The molecule has 1 fully saturated rings. The Balaban J connectivity index is 2.15. The molecule has 0 spiro atoms. The second kappa shape index (κ2) is 8.51. The van der Waals surface area contributed by atoms with Crippen LogP contribution < -0.4 is 5.32 Å². The van der Waals surface area contributed by atoms with Crippen LogP contribution >= 0.6 is 0 Å². The van der Waals surface area contributed by atoms with Crippen LogP contribution in [-0.4, -0.2) is 37.0 Å². The summed E-state index contributed by atoms with van der Waals surface area (Å²) >= 11 is 0. The molecule has 1 N–H and O–H groups in total. The van der Waals surface area contributed by atoms with Crippen LogP contribution in [0.1, 0.15) is 52.4 Å². The number of rotatable bonds is 7. The van der Waals surface area contributed by atoms with Gasteiger partial charge in [0.2, 0.25) is 5.91 Å². The Morgan fingerprint density at radius 3 is 2.41 bits per heavy atom. The molecule has 0 aromatic heterocycles. The van der Waals surface area contributed by atoms with Gasteiger partial charge in [-0.15, -0.1) is 0 Å². The minimum Gasteiger partial charge on any atom is -0.356 e. The molecule has 0 radical (unpaired) electrons. The first-order valence-corrected chi connectivity index (χ1v) is 7.28. The molecule has 3 heteroatoms. The van der Waals surface area contributed by atoms with Crippen LogP contribution in [0.2, 0.25) is 0 Å². The molecule has 3 nitrogen and oxygen atoms in total. The van der Waals surface area contributed by atoms with E-state index in [-0.39, 0.29) is 11.8 Å². The first-order chi connectivity index (χ1) is 8.27. The van der Waals surface area contributed by atoms with Gasteiger partial charge in [-0.05, 0) is 45.3 Å². The summed E-state index contributed by atoms with van der Waals surface area (Å²) in [5, 5.41) is 3.05. The van der Waals surface area contributed by atoms with Gasteiger partial charge in [0, 0.05) is 12.5 Å². The Morgan fingerprint density at radius 2 is 1.82 bits per heavy atom. The van der Waals surface area contributed by atoms with E-state index in [0.717, 1.165) is 45.3 Å². The molecule has 1 aliphatic rings. The SMILES string of the molecule is CCCCNC(=O)C1CCN(CCCC)CC1. The van der Waals surface area contributed by atoms with Crippen molar-refractivity contribution in [2.45, 2.75) is 52.4 Å². The molecule has 1 amide bonds. The predicted molar refractivity (Wildman–Crippen MR) is 72.0 cm³/mol. The molecule has 0 unspecified atom stereocenters. The fourth-order valence-corrected chi connectivity index (χ4v) is 2.33. The molecule has 1 heterocycles. The van der Waals surface area contributed by atoms with Gasteiger partial charge >= 0.3 is 0 Å². The lowest BCUT2D eigenvalue weighted by atomic mass is 9.95. The van der Waals surface area contributed by atoms with E-state index in [0.29, 0.717) is 0 Å². The fraction of sp³-hybridized carbons (Fsp3) is 0.929. The van der Waals surface area contributed by atoms with E-state index in [4.69, 9.17) is 0 Å². The summed E-state index contributed by atoms with van der Waals surface area (Å²) in [6.45, 7) is 8.65. The number of unbranched alkanes of at least 4 members (excludes halogenated alkanes) is 2. The van der Waals surface area contributed by atoms with Crippen molar-refractivity contribution in [1.82, 2.24) is 10.2 Å². The second-order valence-corrected chi connectivity index (χ2v) is 5.11. The first kappa shape index (κ1) is 14.5. The highest BCUT2D eigenvalue weighted by Crippen LogP contribution is 2.17. The molecule has 1 rings (SSSR count). The summed E-state index contributed by atoms with van der Waals surface area (Å²) < 4.78 is 0. The lowest BCUT2D eigenvalue weighted by molar-refractivity contribution is -0.126. The van der Waals surface area contributed by atoms with Gasteiger partial charge in [-0.2, -0.15) is 0 Å². The van der Waals surface area contributed by atoms with Gasteiger partial charge < -0.3 is 10.2 Å². The number of piperidine rings is 1. The van der Waals surface area contributed by atoms with Crippen molar-refractivity contribution < 1.29 is 4.79 Å². The Morgan fingerprint density at radius 1 is 1.18 bits per heavy atom. The Hall–Kier alpha value is -0.570. The van der Waals surface area contributed by atoms with Crippen molar-refractivity contribution in [1.29, 1.82) is 0 Å². The molecular formula is C14H28N2O. The van der Waals surface area contributed by atoms with E-state index in [2.05, 4.69) is 24.1 Å². The summed E-state index contributed by atoms with van der Waals surface area (Å²) in [5.74, 6) is 0.554. The highest BCUT2D eigenvalue weighted by atomic mass is 16.1. The predicted octanol–water partition coefficient (Wildman–Crippen LogP) is 2.41. The van der Waals surface area contributed by atoms with Crippen molar-refractivity contribution in [3.8, 4) is 0 Å². The van der Waals surface area contributed by atoms with Crippen LogP contribution in [0.25, 0.3) is 0 Å². The number of hydrogen-bond donors (Lipinski definition) is 1. The summed E-state index contributed by atoms with van der Waals surface area (Å²) in [7, 11) is 0. The number of carbonyl (C=O) groups is 1. The van der Waals surface area contributed by atoms with E-state index < -0.39 is 0 Å². The summed E-state index contributed by atoms with van der Waals surface area (Å²) in [6.07, 6.45) is 6.88. The Labute approximate surface area is 106 Å². The van der Waals surface area contributed by atoms with Crippen molar-refractivity contribution in [2.24, 2.45) is 5.92 Å². The van der Waals surface area contributed by atoms with Crippen LogP contribution in [0, 0.1) is 5.92 Å². The number of hydrogen-bond acceptors (Lipinski definition) is 2. The number of carbonyl (C=O) groups excluding carboxylic acids is 1. The molecule has 17 heavy (non-hydrogen) atoms. The van der Waals surface area contributed by atoms with Gasteiger partial charge in [0.15, 0.2) is 0 Å². The molecule has 0 aromatic carbocycles. The molecule has 1 aliphatic heterocycles. The average molecular weight is 240 g/mol. The Kier molecular flexibility index (Phi) is 7.25. The van der Waals surface area contributed by atoms with Crippen LogP contribution in [0.15, 0.2) is 0 Å². The topological polar surface area (TPSA) is 32.3 Å². The Bertz CT molecular complexity index is 210. The molecule has 100 valence electrons. The minimum atomic E-state index is 0.268. The lowest BCUT2D eigenvalue weighted by Crippen LogP contribution is -2.41. The summed E-state index contributed by atoms with van der Waals surface area (Å²) in [6, 6.07) is 0. The van der Waals surface area contributed by atoms with Gasteiger partial charge in [-0.3, -0.25) is 4.79 Å². The average Bonchev–Trinajstić information content (AvgIpc) is 2.37. The van der Waals surface area contributed by atoms with Crippen LogP contribution in [-0.2, 0) is 4.79 Å². The number of amides is 1. The maximum absolute atomic E-state index is 11.9. The van der Waals surface area contributed by atoms with Crippen molar-refractivity contribution in [3.63, 3.8) is 0 Å². The second-order valence-electron chi connectivity index (χ2n) is 5.11. The van der Waals surface area contributed by atoms with E-state index in [1.54, 1.807) is 0 Å². The molecule has 0 atom stereocenters. The zero-order valence-electron chi connectivity index (χ0n) is 11.5. The standard InChI is InChI=1S/C14H28N2O/c1-3-5-9-15-14(17)13-7-11-16(12-8-13)10-6-4-2/h13H,3-12H2,1-2H3,(H,15,17). The third-order valence-electron chi connectivity index (χ3n) is 3.62. The molecule has 0 aromatic rings. The maximum Gasteiger partial charge on any atom is 0.223 e. The maximum atomic E-state index is 11.9. The van der Waals surface area contributed by atoms with Crippen LogP contribution in [0.5, 0.6) is 0 Å². The third kappa shape index (κ3) is 5.53. The highest BCUT2D eigenvalue weighted by Gasteiger charge is 2.23. The van der Waals surface area contributed by atoms with Gasteiger partial charge in [0.1, 0.15) is 0 Å². The van der Waals surface area contributed by atoms with Crippen molar-refractivity contribution >= 4 is 5.91 Å². The lowest BCUT2D eigenvalue weighted by Gasteiger charge is -2.31. The van der Waals surface area contributed by atoms with E-state index >= 15 is 0 Å². The molecule has 1 saturated heterocycles. The van der Waals surface area contributed by atoms with Crippen LogP contribution in [0.4, 0.5) is 0 Å². The number of likely N-dealkylation sites (tertiary alicyclic amines) is 1. The van der Waals surface area contributed by atoms with Gasteiger partial charge in [-0.25, -0.2) is 0 Å². The van der Waals surface area contributed by atoms with Crippen molar-refractivity contribution in [2.75, 3.05) is 26.2 Å². The van der Waals surface area contributed by atoms with E-state index in [1.807, 2.05) is 0 Å². The van der Waals surface area contributed by atoms with Gasteiger partial charge in [-0.1, -0.05) is 26.7 Å². The highest BCUT2D eigenvalue weighted by molar-refractivity contribution is 5.78. The van der Waals surface area contributed by atoms with E-state index in [1.165, 1.54) is 19.4 Å². The third-order valence-corrected chi connectivity index (χ3v) is 3.62. The number of nitrogens with zero attached hydrogens (tertiary/aromatic N) is 1. The smallest absolute Gasteiger partial charge is 0.223 e. The van der Waals surface area contributed by atoms with Crippen LogP contribution in [0.3, 0.4) is 0 Å². The normalized spacial score (nSPS) is 18.2. The fourth-order valence-electron chi connectivity index (χ4n) is 2.33. The van der Waals surface area contributed by atoms with Gasteiger partial charge in [0.25, 0.3) is 0 Å². The molecular weight excluding hydrogens is 212 g/mol. The zero-order valence-corrected chi connectivity index (χ0v) is 11.5. The molecule has 0 bridgehead atoms.